The average molecular weight is 288 g/mol. The van der Waals surface area contributed by atoms with Gasteiger partial charge in [0.2, 0.25) is 0 Å². The molecule has 6 nitrogen and oxygen atoms in total. The monoisotopic (exact) mass is 288 g/mol. The van der Waals surface area contributed by atoms with E-state index in [-0.39, 0.29) is 19.2 Å². The van der Waals surface area contributed by atoms with Gasteiger partial charge in [0.15, 0.2) is 0 Å². The predicted octanol–water partition coefficient (Wildman–Crippen LogP) is 1.70. The van der Waals surface area contributed by atoms with E-state index >= 15 is 0 Å². The second-order valence-electron chi connectivity index (χ2n) is 4.89. The second kappa shape index (κ2) is 6.90. The van der Waals surface area contributed by atoms with Gasteiger partial charge < -0.3 is 10.0 Å². The number of urea groups is 1. The molecule has 0 radical (unpaired) electrons. The van der Waals surface area contributed by atoms with Crippen molar-refractivity contribution < 1.29 is 9.90 Å². The smallest absolute Gasteiger partial charge is 0.322 e. The van der Waals surface area contributed by atoms with Crippen LogP contribution in [0.25, 0.3) is 0 Å². The maximum Gasteiger partial charge on any atom is 0.322 e. The van der Waals surface area contributed by atoms with E-state index in [9.17, 15) is 4.79 Å². The number of aromatic nitrogens is 2. The molecule has 21 heavy (non-hydrogen) atoms. The highest BCUT2D eigenvalue weighted by molar-refractivity contribution is 5.88. The van der Waals surface area contributed by atoms with E-state index in [1.807, 2.05) is 43.3 Å². The summed E-state index contributed by atoms with van der Waals surface area (Å²) >= 11 is 0. The van der Waals surface area contributed by atoms with E-state index in [1.54, 1.807) is 11.7 Å². The first-order valence-corrected chi connectivity index (χ1v) is 6.81. The molecular weight excluding hydrogens is 268 g/mol. The molecule has 0 aliphatic carbocycles. The van der Waals surface area contributed by atoms with E-state index in [0.29, 0.717) is 12.4 Å². The lowest BCUT2D eigenvalue weighted by atomic mass is 10.2. The molecule has 1 aromatic heterocycles. The summed E-state index contributed by atoms with van der Waals surface area (Å²) in [5.41, 5.74) is 1.95. The first kappa shape index (κ1) is 15.1. The molecule has 0 bridgehead atoms. The highest BCUT2D eigenvalue weighted by atomic mass is 16.3. The number of anilines is 1. The first-order chi connectivity index (χ1) is 10.1. The molecule has 0 unspecified atom stereocenters. The van der Waals surface area contributed by atoms with Crippen molar-refractivity contribution >= 4 is 11.8 Å². The number of rotatable bonds is 5. The van der Waals surface area contributed by atoms with Crippen LogP contribution in [0.15, 0.2) is 36.4 Å². The second-order valence-corrected chi connectivity index (χ2v) is 4.89. The van der Waals surface area contributed by atoms with Crippen LogP contribution in [0.1, 0.15) is 11.3 Å². The lowest BCUT2D eigenvalue weighted by Gasteiger charge is -2.17. The predicted molar refractivity (Wildman–Crippen MR) is 81.2 cm³/mol. The largest absolute Gasteiger partial charge is 0.395 e. The van der Waals surface area contributed by atoms with E-state index in [0.717, 1.165) is 11.3 Å². The SMILES string of the molecule is Cc1cc(NC(=O)N(C)CCO)n(Cc2ccccc2)n1. The molecule has 112 valence electrons. The number of aryl methyl sites for hydroxylation is 1. The van der Waals surface area contributed by atoms with Crippen LogP contribution in [-0.2, 0) is 6.54 Å². The van der Waals surface area contributed by atoms with Gasteiger partial charge >= 0.3 is 6.03 Å². The van der Waals surface area contributed by atoms with Crippen LogP contribution >= 0.6 is 0 Å². The molecule has 2 aromatic rings. The summed E-state index contributed by atoms with van der Waals surface area (Å²) in [5, 5.41) is 16.1. The van der Waals surface area contributed by atoms with Crippen molar-refractivity contribution in [3.8, 4) is 0 Å². The highest BCUT2D eigenvalue weighted by Gasteiger charge is 2.12. The molecule has 2 N–H and O–H groups in total. The Morgan fingerprint density at radius 1 is 1.38 bits per heavy atom. The lowest BCUT2D eigenvalue weighted by Crippen LogP contribution is -2.34. The van der Waals surface area contributed by atoms with Crippen molar-refractivity contribution in [1.29, 1.82) is 0 Å². The first-order valence-electron chi connectivity index (χ1n) is 6.81. The standard InChI is InChI=1S/C15H20N4O2/c1-12-10-14(16-15(21)18(2)8-9-20)19(17-12)11-13-6-4-3-5-7-13/h3-7,10,20H,8-9,11H2,1-2H3,(H,16,21). The number of aliphatic hydroxyl groups is 1. The number of carbonyl (C=O) groups is 1. The van der Waals surface area contributed by atoms with Crippen LogP contribution in [0.4, 0.5) is 10.6 Å². The number of hydrogen-bond acceptors (Lipinski definition) is 3. The van der Waals surface area contributed by atoms with E-state index in [4.69, 9.17) is 5.11 Å². The van der Waals surface area contributed by atoms with Crippen molar-refractivity contribution in [2.24, 2.45) is 0 Å². The minimum Gasteiger partial charge on any atom is -0.395 e. The normalized spacial score (nSPS) is 10.4. The molecule has 1 heterocycles. The third kappa shape index (κ3) is 4.06. The number of nitrogens with zero attached hydrogens (tertiary/aromatic N) is 3. The molecule has 0 saturated carbocycles. The molecule has 0 fully saturated rings. The van der Waals surface area contributed by atoms with E-state index in [2.05, 4.69) is 10.4 Å². The van der Waals surface area contributed by atoms with Gasteiger partial charge in [0.1, 0.15) is 5.82 Å². The number of carbonyl (C=O) groups excluding carboxylic acids is 1. The number of nitrogens with one attached hydrogen (secondary N) is 1. The Balaban J connectivity index is 2.12. The molecule has 6 heteroatoms. The topological polar surface area (TPSA) is 70.4 Å². The molecule has 2 amide bonds. The molecule has 0 saturated heterocycles. The maximum atomic E-state index is 12.0. The van der Waals surface area contributed by atoms with Gasteiger partial charge in [-0.1, -0.05) is 30.3 Å². The summed E-state index contributed by atoms with van der Waals surface area (Å²) in [7, 11) is 1.64. The van der Waals surface area contributed by atoms with Crippen LogP contribution < -0.4 is 5.32 Å². The number of hydrogen-bond donors (Lipinski definition) is 2. The summed E-state index contributed by atoms with van der Waals surface area (Å²) in [6, 6.07) is 11.5. The molecular formula is C15H20N4O2. The van der Waals surface area contributed by atoms with Crippen molar-refractivity contribution in [1.82, 2.24) is 14.7 Å². The zero-order valence-electron chi connectivity index (χ0n) is 12.3. The highest BCUT2D eigenvalue weighted by Crippen LogP contribution is 2.13. The Labute approximate surface area is 124 Å². The minimum atomic E-state index is -0.265. The molecule has 1 aromatic carbocycles. The summed E-state index contributed by atoms with van der Waals surface area (Å²) in [4.78, 5) is 13.4. The fraction of sp³-hybridized carbons (Fsp3) is 0.333. The van der Waals surface area contributed by atoms with Crippen molar-refractivity contribution in [2.75, 3.05) is 25.5 Å². The van der Waals surface area contributed by atoms with Gasteiger partial charge in [-0.25, -0.2) is 9.48 Å². The Morgan fingerprint density at radius 3 is 2.76 bits per heavy atom. The lowest BCUT2D eigenvalue weighted by molar-refractivity contribution is 0.202. The van der Waals surface area contributed by atoms with Crippen LogP contribution in [0, 0.1) is 6.92 Å². The zero-order valence-corrected chi connectivity index (χ0v) is 12.3. The molecule has 0 aliphatic rings. The van der Waals surface area contributed by atoms with Gasteiger partial charge in [-0.3, -0.25) is 5.32 Å². The third-order valence-corrected chi connectivity index (χ3v) is 3.09. The Hall–Kier alpha value is -2.34. The quantitative estimate of drug-likeness (QED) is 0.879. The minimum absolute atomic E-state index is 0.0633. The fourth-order valence-corrected chi connectivity index (χ4v) is 1.98. The van der Waals surface area contributed by atoms with Gasteiger partial charge in [-0.2, -0.15) is 5.10 Å². The van der Waals surface area contributed by atoms with Crippen LogP contribution in [0.2, 0.25) is 0 Å². The summed E-state index contributed by atoms with van der Waals surface area (Å²) in [5.74, 6) is 0.645. The molecule has 2 rings (SSSR count). The maximum absolute atomic E-state index is 12.0. The Kier molecular flexibility index (Phi) is 4.94. The van der Waals surface area contributed by atoms with Gasteiger partial charge in [0.25, 0.3) is 0 Å². The van der Waals surface area contributed by atoms with Crippen molar-refractivity contribution in [2.45, 2.75) is 13.5 Å². The Morgan fingerprint density at radius 2 is 2.10 bits per heavy atom. The van der Waals surface area contributed by atoms with E-state index in [1.165, 1.54) is 4.90 Å². The Bertz CT molecular complexity index is 595. The molecule has 0 atom stereocenters. The van der Waals surface area contributed by atoms with Gasteiger partial charge in [0, 0.05) is 19.7 Å². The van der Waals surface area contributed by atoms with Gasteiger partial charge in [-0.05, 0) is 12.5 Å². The number of likely N-dealkylation sites (N-methyl/N-ethyl adjacent to an activating group) is 1. The summed E-state index contributed by atoms with van der Waals surface area (Å²) in [6.07, 6.45) is 0. The van der Waals surface area contributed by atoms with Crippen LogP contribution in [0.5, 0.6) is 0 Å². The zero-order chi connectivity index (χ0) is 15.2. The van der Waals surface area contributed by atoms with Crippen LogP contribution in [-0.4, -0.2) is 46.0 Å². The number of amides is 2. The fourth-order valence-electron chi connectivity index (χ4n) is 1.98. The van der Waals surface area contributed by atoms with Gasteiger partial charge in [0.05, 0.1) is 18.8 Å². The summed E-state index contributed by atoms with van der Waals surface area (Å²) in [6.45, 7) is 2.70. The van der Waals surface area contributed by atoms with Crippen LogP contribution in [0.3, 0.4) is 0 Å². The number of aliphatic hydroxyl groups excluding tert-OH is 1. The summed E-state index contributed by atoms with van der Waals surface area (Å²) < 4.78 is 1.76. The van der Waals surface area contributed by atoms with E-state index < -0.39 is 0 Å². The average Bonchev–Trinajstić information content (AvgIpc) is 2.80. The van der Waals surface area contributed by atoms with Crippen molar-refractivity contribution in [3.63, 3.8) is 0 Å². The molecule has 0 aliphatic heterocycles. The van der Waals surface area contributed by atoms with Crippen molar-refractivity contribution in [3.05, 3.63) is 47.7 Å². The van der Waals surface area contributed by atoms with Gasteiger partial charge in [-0.15, -0.1) is 0 Å². The number of benzene rings is 1. The third-order valence-electron chi connectivity index (χ3n) is 3.09. The molecule has 0 spiro atoms.